The summed E-state index contributed by atoms with van der Waals surface area (Å²) in [5.74, 6) is -0.524. The van der Waals surface area contributed by atoms with Crippen molar-refractivity contribution in [2.45, 2.75) is 38.3 Å². The third-order valence-electron chi connectivity index (χ3n) is 6.76. The first-order valence-electron chi connectivity index (χ1n) is 11.4. The number of piperazine rings is 1. The number of carbonyl (C=O) groups excluding carboxylic acids is 1. The molecule has 5 rings (SSSR count). The van der Waals surface area contributed by atoms with Crippen LogP contribution in [0.5, 0.6) is 0 Å². The number of hydrogen-bond acceptors (Lipinski definition) is 4. The predicted molar refractivity (Wildman–Crippen MR) is 127 cm³/mol. The summed E-state index contributed by atoms with van der Waals surface area (Å²) in [6.07, 6.45) is 3.76. The fraction of sp³-hybridized carbons (Fsp3) is 0.440. The highest BCUT2D eigenvalue weighted by Crippen LogP contribution is 2.36. The molecule has 0 atom stereocenters. The van der Waals surface area contributed by atoms with Crippen molar-refractivity contribution in [2.75, 3.05) is 32.8 Å². The Morgan fingerprint density at radius 2 is 2.03 bits per heavy atom. The number of benzene rings is 1. The summed E-state index contributed by atoms with van der Waals surface area (Å²) in [7, 11) is 0. The number of ether oxygens (including phenoxy) is 1. The van der Waals surface area contributed by atoms with Gasteiger partial charge < -0.3 is 19.5 Å². The highest BCUT2D eigenvalue weighted by Gasteiger charge is 2.34. The van der Waals surface area contributed by atoms with Gasteiger partial charge in [-0.05, 0) is 56.5 Å². The van der Waals surface area contributed by atoms with Crippen LogP contribution in [-0.2, 0) is 4.74 Å². The molecule has 1 N–H and O–H groups in total. The van der Waals surface area contributed by atoms with Crippen molar-refractivity contribution in [3.63, 3.8) is 0 Å². The second-order valence-corrected chi connectivity index (χ2v) is 9.84. The maximum Gasteiger partial charge on any atom is 0.273 e. The molecule has 2 aromatic heterocycles. The molecule has 0 bridgehead atoms. The molecule has 0 unspecified atom stereocenters. The van der Waals surface area contributed by atoms with Gasteiger partial charge in [0.2, 0.25) is 0 Å². The van der Waals surface area contributed by atoms with Gasteiger partial charge in [0.05, 0.1) is 10.6 Å². The highest BCUT2D eigenvalue weighted by atomic mass is 35.5. The smallest absolute Gasteiger partial charge is 0.273 e. The fourth-order valence-corrected chi connectivity index (χ4v) is 5.00. The van der Waals surface area contributed by atoms with Crippen LogP contribution in [0.25, 0.3) is 22.2 Å². The van der Waals surface area contributed by atoms with Crippen molar-refractivity contribution in [3.8, 4) is 11.1 Å². The van der Waals surface area contributed by atoms with Crippen LogP contribution in [0, 0.1) is 5.82 Å². The van der Waals surface area contributed by atoms with Crippen molar-refractivity contribution >= 4 is 28.5 Å². The van der Waals surface area contributed by atoms with E-state index in [0.717, 1.165) is 48.1 Å². The maximum absolute atomic E-state index is 14.2. The second kappa shape index (κ2) is 8.70. The van der Waals surface area contributed by atoms with Crippen LogP contribution < -0.4 is 5.32 Å². The Hall–Kier alpha value is -2.48. The Labute approximate surface area is 197 Å². The van der Waals surface area contributed by atoms with Crippen molar-refractivity contribution in [3.05, 3.63) is 53.1 Å². The lowest BCUT2D eigenvalue weighted by Gasteiger charge is -2.42. The third-order valence-corrected chi connectivity index (χ3v) is 7.06. The summed E-state index contributed by atoms with van der Waals surface area (Å²) in [6, 6.07) is 8.77. The largest absolute Gasteiger partial charge is 0.381 e. The van der Waals surface area contributed by atoms with E-state index in [1.54, 1.807) is 12.1 Å². The van der Waals surface area contributed by atoms with Gasteiger partial charge in [-0.3, -0.25) is 4.79 Å². The van der Waals surface area contributed by atoms with E-state index in [4.69, 9.17) is 21.3 Å². The minimum atomic E-state index is -0.457. The Bertz CT molecular complexity index is 1200. The number of rotatable bonds is 3. The lowest BCUT2D eigenvalue weighted by Crippen LogP contribution is -2.59. The predicted octanol–water partition coefficient (Wildman–Crippen LogP) is 4.67. The zero-order chi connectivity index (χ0) is 23.2. The quantitative estimate of drug-likeness (QED) is 0.604. The molecule has 2 saturated heterocycles. The first-order valence-corrected chi connectivity index (χ1v) is 11.8. The Morgan fingerprint density at radius 1 is 1.24 bits per heavy atom. The number of pyridine rings is 1. The molecule has 2 aliphatic heterocycles. The average molecular weight is 471 g/mol. The van der Waals surface area contributed by atoms with Crippen LogP contribution in [0.2, 0.25) is 5.02 Å². The molecular weight excluding hydrogens is 443 g/mol. The summed E-state index contributed by atoms with van der Waals surface area (Å²) < 4.78 is 21.9. The molecule has 0 aliphatic carbocycles. The first kappa shape index (κ1) is 22.3. The average Bonchev–Trinajstić information content (AvgIpc) is 3.19. The molecule has 0 saturated carbocycles. The van der Waals surface area contributed by atoms with Gasteiger partial charge in [0, 0.05) is 56.0 Å². The van der Waals surface area contributed by atoms with Gasteiger partial charge in [-0.1, -0.05) is 17.7 Å². The molecule has 0 radical (unpaired) electrons. The summed E-state index contributed by atoms with van der Waals surface area (Å²) in [5.41, 5.74) is 2.49. The number of carbonyl (C=O) groups is 1. The van der Waals surface area contributed by atoms with Crippen molar-refractivity contribution in [1.29, 1.82) is 0 Å². The molecule has 33 heavy (non-hydrogen) atoms. The van der Waals surface area contributed by atoms with Gasteiger partial charge in [0.1, 0.15) is 17.2 Å². The first-order chi connectivity index (χ1) is 15.8. The van der Waals surface area contributed by atoms with E-state index in [1.165, 1.54) is 6.07 Å². The van der Waals surface area contributed by atoms with Crippen molar-refractivity contribution in [2.24, 2.45) is 0 Å². The van der Waals surface area contributed by atoms with Gasteiger partial charge in [0.15, 0.2) is 0 Å². The number of nitrogens with one attached hydrogen (secondary N) is 1. The van der Waals surface area contributed by atoms with Crippen molar-refractivity contribution < 1.29 is 13.9 Å². The van der Waals surface area contributed by atoms with E-state index in [9.17, 15) is 9.18 Å². The molecule has 6 nitrogen and oxygen atoms in total. The number of halogens is 2. The molecule has 2 fully saturated rings. The molecular formula is C25H28ClFN4O2. The zero-order valence-corrected chi connectivity index (χ0v) is 19.7. The molecule has 3 aromatic rings. The molecule has 8 heteroatoms. The van der Waals surface area contributed by atoms with Gasteiger partial charge in [-0.15, -0.1) is 0 Å². The summed E-state index contributed by atoms with van der Waals surface area (Å²) in [5, 5.41) is 4.34. The van der Waals surface area contributed by atoms with Gasteiger partial charge in [-0.2, -0.15) is 0 Å². The van der Waals surface area contributed by atoms with Crippen LogP contribution >= 0.6 is 11.6 Å². The van der Waals surface area contributed by atoms with E-state index in [2.05, 4.69) is 23.7 Å². The Morgan fingerprint density at radius 3 is 2.76 bits per heavy atom. The molecule has 1 amide bonds. The standard InChI is InChI=1S/C25H28ClFN4O2/c1-25(2)15-28-9-10-31(25)24(32)22-6-4-18-19(16-3-5-20(26)21(27)13-16)14-30(23(18)29-22)17-7-11-33-12-8-17/h3-6,13-14,17,28H,7-12,15H2,1-2H3. The Kier molecular flexibility index (Phi) is 5.89. The second-order valence-electron chi connectivity index (χ2n) is 9.44. The van der Waals surface area contributed by atoms with E-state index in [0.29, 0.717) is 25.5 Å². The molecule has 1 aromatic carbocycles. The number of aromatic nitrogens is 2. The highest BCUT2D eigenvalue weighted by molar-refractivity contribution is 6.30. The summed E-state index contributed by atoms with van der Waals surface area (Å²) in [4.78, 5) is 20.2. The SMILES string of the molecule is CC1(C)CNCCN1C(=O)c1ccc2c(-c3ccc(Cl)c(F)c3)cn(C3CCOCC3)c2n1. The maximum atomic E-state index is 14.2. The molecule has 174 valence electrons. The number of hydrogen-bond donors (Lipinski definition) is 1. The molecule has 4 heterocycles. The third kappa shape index (κ3) is 4.14. The summed E-state index contributed by atoms with van der Waals surface area (Å²) >= 11 is 5.91. The van der Waals surface area contributed by atoms with Gasteiger partial charge in [-0.25, -0.2) is 9.37 Å². The molecule has 0 spiro atoms. The van der Waals surface area contributed by atoms with Crippen molar-refractivity contribution in [1.82, 2.24) is 19.8 Å². The topological polar surface area (TPSA) is 59.4 Å². The van der Waals surface area contributed by atoms with E-state index in [1.807, 2.05) is 23.2 Å². The monoisotopic (exact) mass is 470 g/mol. The number of nitrogens with zero attached hydrogens (tertiary/aromatic N) is 3. The van der Waals surface area contributed by atoms with E-state index in [-0.39, 0.29) is 22.5 Å². The fourth-order valence-electron chi connectivity index (χ4n) is 4.88. The number of fused-ring (bicyclic) bond motifs is 1. The Balaban J connectivity index is 1.62. The van der Waals surface area contributed by atoms with Gasteiger partial charge >= 0.3 is 0 Å². The lowest BCUT2D eigenvalue weighted by atomic mass is 9.99. The summed E-state index contributed by atoms with van der Waals surface area (Å²) in [6.45, 7) is 7.64. The molecule has 2 aliphatic rings. The van der Waals surface area contributed by atoms with Crippen LogP contribution in [0.15, 0.2) is 36.5 Å². The normalized spacial score (nSPS) is 19.2. The van der Waals surface area contributed by atoms with E-state index < -0.39 is 5.82 Å². The zero-order valence-electron chi connectivity index (χ0n) is 18.9. The van der Waals surface area contributed by atoms with Crippen LogP contribution in [0.3, 0.4) is 0 Å². The van der Waals surface area contributed by atoms with Crippen LogP contribution in [-0.4, -0.2) is 58.7 Å². The number of amides is 1. The van der Waals surface area contributed by atoms with Gasteiger partial charge in [0.25, 0.3) is 5.91 Å². The van der Waals surface area contributed by atoms with Crippen LogP contribution in [0.1, 0.15) is 43.2 Å². The minimum absolute atomic E-state index is 0.0674. The van der Waals surface area contributed by atoms with Crippen LogP contribution in [0.4, 0.5) is 4.39 Å². The minimum Gasteiger partial charge on any atom is -0.381 e. The lowest BCUT2D eigenvalue weighted by molar-refractivity contribution is 0.0471. The van der Waals surface area contributed by atoms with E-state index >= 15 is 0 Å².